The number of hydrogen-bond donors (Lipinski definition) is 6. The van der Waals surface area contributed by atoms with Gasteiger partial charge in [0.15, 0.2) is 0 Å². The number of carboxylic acid groups (broad SMARTS) is 1. The van der Waals surface area contributed by atoms with Crippen molar-refractivity contribution in [1.29, 1.82) is 0 Å². The zero-order valence-electron chi connectivity index (χ0n) is 20.6. The fraction of sp³-hybridized carbons (Fsp3) is 0.542. The Kier molecular flexibility index (Phi) is 11.7. The van der Waals surface area contributed by atoms with E-state index in [9.17, 15) is 29.1 Å². The maximum absolute atomic E-state index is 12.9. The molecule has 1 aromatic rings. The van der Waals surface area contributed by atoms with Crippen molar-refractivity contribution >= 4 is 29.6 Å². The summed E-state index contributed by atoms with van der Waals surface area (Å²) in [4.78, 5) is 59.8. The first-order chi connectivity index (χ1) is 16.3. The minimum Gasteiger partial charge on any atom is -0.507 e. The van der Waals surface area contributed by atoms with E-state index in [-0.39, 0.29) is 36.8 Å². The van der Waals surface area contributed by atoms with Crippen molar-refractivity contribution in [2.45, 2.75) is 71.9 Å². The molecule has 11 heteroatoms. The number of phenols is 1. The predicted octanol–water partition coefficient (Wildman–Crippen LogP) is 0.424. The minimum absolute atomic E-state index is 0.0401. The number of aromatic hydroxyl groups is 1. The highest BCUT2D eigenvalue weighted by molar-refractivity contribution is 5.93. The molecule has 1 aromatic carbocycles. The summed E-state index contributed by atoms with van der Waals surface area (Å²) < 4.78 is 0. The Balaban J connectivity index is 2.86. The van der Waals surface area contributed by atoms with Gasteiger partial charge in [0.05, 0.1) is 0 Å². The van der Waals surface area contributed by atoms with E-state index >= 15 is 0 Å². The van der Waals surface area contributed by atoms with E-state index in [2.05, 4.69) is 16.0 Å². The van der Waals surface area contributed by atoms with Crippen LogP contribution >= 0.6 is 0 Å². The number of aliphatic carboxylic acids is 1. The van der Waals surface area contributed by atoms with Crippen molar-refractivity contribution in [3.63, 3.8) is 0 Å². The number of rotatable bonds is 14. The third kappa shape index (κ3) is 10.9. The van der Waals surface area contributed by atoms with Crippen molar-refractivity contribution in [3.05, 3.63) is 28.8 Å². The molecule has 2 atom stereocenters. The van der Waals surface area contributed by atoms with E-state index in [4.69, 9.17) is 10.8 Å². The molecule has 0 bridgehead atoms. The number of nitrogens with one attached hydrogen (secondary N) is 3. The molecule has 11 nitrogen and oxygen atoms in total. The minimum atomic E-state index is -1.26. The molecule has 0 fully saturated rings. The van der Waals surface area contributed by atoms with E-state index in [1.807, 2.05) is 13.8 Å². The van der Waals surface area contributed by atoms with Gasteiger partial charge in [0, 0.05) is 12.8 Å². The molecular weight excluding hydrogens is 456 g/mol. The van der Waals surface area contributed by atoms with Gasteiger partial charge in [-0.1, -0.05) is 26.0 Å². The molecule has 1 unspecified atom stereocenters. The second-order valence-electron chi connectivity index (χ2n) is 9.01. The summed E-state index contributed by atoms with van der Waals surface area (Å²) in [5, 5.41) is 26.1. The highest BCUT2D eigenvalue weighted by Crippen LogP contribution is 2.23. The van der Waals surface area contributed by atoms with Gasteiger partial charge in [0.2, 0.25) is 23.6 Å². The number of phenolic OH excluding ortho intramolecular Hbond substituents is 1. The second-order valence-corrected chi connectivity index (χ2v) is 9.01. The fourth-order valence-corrected chi connectivity index (χ4v) is 3.53. The number of primary amides is 1. The molecule has 0 saturated heterocycles. The molecule has 0 spiro atoms. The van der Waals surface area contributed by atoms with Crippen molar-refractivity contribution < 1.29 is 34.2 Å². The van der Waals surface area contributed by atoms with E-state index < -0.39 is 42.3 Å². The number of hydrogen-bond acceptors (Lipinski definition) is 6. The zero-order chi connectivity index (χ0) is 26.7. The number of carboxylic acids is 1. The van der Waals surface area contributed by atoms with Crippen molar-refractivity contribution in [3.8, 4) is 5.75 Å². The van der Waals surface area contributed by atoms with Gasteiger partial charge in [-0.2, -0.15) is 0 Å². The maximum Gasteiger partial charge on any atom is 0.322 e. The lowest BCUT2D eigenvalue weighted by Crippen LogP contribution is -2.54. The summed E-state index contributed by atoms with van der Waals surface area (Å²) in [6.07, 6.45) is 0.499. The highest BCUT2D eigenvalue weighted by atomic mass is 16.4. The van der Waals surface area contributed by atoms with Crippen LogP contribution < -0.4 is 21.7 Å². The number of aryl methyl sites for hydroxylation is 3. The molecule has 194 valence electrons. The standard InChI is InChI=1S/C24H36N4O7/c1-13(2)9-18(27-20(30)8-5-16-10-14(3)22(33)15(4)11-16)24(35)28-17(6-7-19(25)29)23(34)26-12-21(31)32/h10-11,13,17-18,33H,5-9,12H2,1-4H3,(H2,25,29)(H,26,34)(H,27,30)(H,28,35)(H,31,32)/t17?,18-/m0/s1. The van der Waals surface area contributed by atoms with Crippen LogP contribution in [-0.2, 0) is 30.4 Å². The Bertz CT molecular complexity index is 923. The van der Waals surface area contributed by atoms with Gasteiger partial charge in [-0.05, 0) is 55.7 Å². The SMILES string of the molecule is Cc1cc(CCC(=O)N[C@@H](CC(C)C)C(=O)NC(CCC(N)=O)C(=O)NCC(=O)O)cc(C)c1O. The smallest absolute Gasteiger partial charge is 0.322 e. The number of carbonyl (C=O) groups is 5. The van der Waals surface area contributed by atoms with Gasteiger partial charge in [-0.3, -0.25) is 24.0 Å². The summed E-state index contributed by atoms with van der Waals surface area (Å²) >= 11 is 0. The molecule has 0 aliphatic carbocycles. The van der Waals surface area contributed by atoms with Crippen molar-refractivity contribution in [1.82, 2.24) is 16.0 Å². The van der Waals surface area contributed by atoms with E-state index in [1.54, 1.807) is 26.0 Å². The molecule has 1 rings (SSSR count). The van der Waals surface area contributed by atoms with Crippen molar-refractivity contribution in [2.75, 3.05) is 6.54 Å². The third-order valence-corrected chi connectivity index (χ3v) is 5.28. The summed E-state index contributed by atoms with van der Waals surface area (Å²) in [7, 11) is 0. The van der Waals surface area contributed by atoms with Crippen LogP contribution in [-0.4, -0.2) is 58.4 Å². The van der Waals surface area contributed by atoms with Crippen LogP contribution in [0.2, 0.25) is 0 Å². The maximum atomic E-state index is 12.9. The quantitative estimate of drug-likeness (QED) is 0.217. The third-order valence-electron chi connectivity index (χ3n) is 5.28. The molecule has 0 aliphatic heterocycles. The largest absolute Gasteiger partial charge is 0.507 e. The second kappa shape index (κ2) is 13.9. The van der Waals surface area contributed by atoms with Crippen LogP contribution in [0, 0.1) is 19.8 Å². The number of nitrogens with two attached hydrogens (primary N) is 1. The summed E-state index contributed by atoms with van der Waals surface area (Å²) in [6, 6.07) is 1.47. The summed E-state index contributed by atoms with van der Waals surface area (Å²) in [5.41, 5.74) is 7.44. The highest BCUT2D eigenvalue weighted by Gasteiger charge is 2.27. The predicted molar refractivity (Wildman–Crippen MR) is 128 cm³/mol. The van der Waals surface area contributed by atoms with E-state index in [0.29, 0.717) is 24.0 Å². The average Bonchev–Trinajstić information content (AvgIpc) is 2.75. The Morgan fingerprint density at radius 1 is 0.943 bits per heavy atom. The Morgan fingerprint density at radius 3 is 2.06 bits per heavy atom. The molecule has 7 N–H and O–H groups in total. The number of carbonyl (C=O) groups excluding carboxylic acids is 4. The zero-order valence-corrected chi connectivity index (χ0v) is 20.6. The Hall–Kier alpha value is -3.63. The van der Waals surface area contributed by atoms with Crippen LogP contribution in [0.5, 0.6) is 5.75 Å². The van der Waals surface area contributed by atoms with Crippen LogP contribution in [0.25, 0.3) is 0 Å². The first-order valence-corrected chi connectivity index (χ1v) is 11.5. The molecule has 35 heavy (non-hydrogen) atoms. The van der Waals surface area contributed by atoms with Crippen LogP contribution in [0.4, 0.5) is 0 Å². The van der Waals surface area contributed by atoms with Crippen LogP contribution in [0.3, 0.4) is 0 Å². The summed E-state index contributed by atoms with van der Waals surface area (Å²) in [6.45, 7) is 6.65. The molecule has 0 saturated carbocycles. The lowest BCUT2D eigenvalue weighted by molar-refractivity contribution is -0.138. The molecule has 0 aliphatic rings. The number of benzene rings is 1. The van der Waals surface area contributed by atoms with Gasteiger partial charge in [-0.25, -0.2) is 0 Å². The molecule has 0 heterocycles. The Morgan fingerprint density at radius 2 is 1.54 bits per heavy atom. The van der Waals surface area contributed by atoms with Gasteiger partial charge in [0.25, 0.3) is 0 Å². The molecule has 0 radical (unpaired) electrons. The first kappa shape index (κ1) is 29.4. The molecule has 0 aromatic heterocycles. The monoisotopic (exact) mass is 492 g/mol. The van der Waals surface area contributed by atoms with Gasteiger partial charge in [0.1, 0.15) is 24.4 Å². The topological polar surface area (TPSA) is 188 Å². The average molecular weight is 493 g/mol. The van der Waals surface area contributed by atoms with Crippen LogP contribution in [0.15, 0.2) is 12.1 Å². The van der Waals surface area contributed by atoms with E-state index in [0.717, 1.165) is 5.56 Å². The number of amides is 4. The van der Waals surface area contributed by atoms with E-state index in [1.165, 1.54) is 0 Å². The lowest BCUT2D eigenvalue weighted by Gasteiger charge is -2.24. The molecular formula is C24H36N4O7. The Labute approximate surface area is 204 Å². The van der Waals surface area contributed by atoms with Crippen molar-refractivity contribution in [2.24, 2.45) is 11.7 Å². The first-order valence-electron chi connectivity index (χ1n) is 11.5. The van der Waals surface area contributed by atoms with Gasteiger partial charge < -0.3 is 31.9 Å². The normalized spacial score (nSPS) is 12.5. The lowest BCUT2D eigenvalue weighted by atomic mass is 10.0. The summed E-state index contributed by atoms with van der Waals surface area (Å²) in [5.74, 6) is -3.44. The van der Waals surface area contributed by atoms with Crippen LogP contribution in [0.1, 0.15) is 56.2 Å². The fourth-order valence-electron chi connectivity index (χ4n) is 3.53. The molecule has 4 amide bonds. The van der Waals surface area contributed by atoms with Gasteiger partial charge in [-0.15, -0.1) is 0 Å². The van der Waals surface area contributed by atoms with Gasteiger partial charge >= 0.3 is 5.97 Å².